The van der Waals surface area contributed by atoms with E-state index in [0.29, 0.717) is 25.9 Å². The van der Waals surface area contributed by atoms with Gasteiger partial charge in [-0.3, -0.25) is 14.4 Å². The van der Waals surface area contributed by atoms with E-state index in [0.717, 1.165) is 16.9 Å². The Balaban J connectivity index is 1.27. The number of nitrogens with one attached hydrogen (secondary N) is 2. The van der Waals surface area contributed by atoms with Crippen LogP contribution in [0.15, 0.2) is 104 Å². The molecule has 246 valence electrons. The topological polar surface area (TPSA) is 141 Å². The van der Waals surface area contributed by atoms with Crippen LogP contribution in [0.2, 0.25) is 0 Å². The molecule has 1 saturated heterocycles. The van der Waals surface area contributed by atoms with Crippen LogP contribution in [0.5, 0.6) is 5.75 Å². The molecule has 4 N–H and O–H groups in total. The number of amides is 3. The number of nitrogens with two attached hydrogens (primary N) is 1. The molecule has 1 aromatic heterocycles. The van der Waals surface area contributed by atoms with Crippen molar-refractivity contribution in [3.05, 3.63) is 115 Å². The number of hydrogen-bond acceptors (Lipinski definition) is 7. The zero-order valence-corrected chi connectivity index (χ0v) is 26.7. The molecule has 1 fully saturated rings. The predicted molar refractivity (Wildman–Crippen MR) is 178 cm³/mol. The number of piperidine rings is 1. The van der Waals surface area contributed by atoms with Crippen LogP contribution in [0.3, 0.4) is 0 Å². The molecule has 1 aliphatic heterocycles. The second-order valence-electron chi connectivity index (χ2n) is 12.2. The second kappa shape index (κ2) is 15.5. The van der Waals surface area contributed by atoms with Gasteiger partial charge in [0.05, 0.1) is 25.1 Å². The zero-order valence-electron chi connectivity index (χ0n) is 26.7. The molecule has 0 saturated carbocycles. The van der Waals surface area contributed by atoms with Crippen LogP contribution < -0.4 is 21.1 Å². The number of carbonyl (C=O) groups excluding carboxylic acids is 3. The SMILES string of the molecule is CC(C)(N)C(=O)N[C@H](COCc1ccccc1)C(=O)Nc1cn(C(C(=O)N2CCC(Oc3ccccc3)CC2)c2ccccc2)cn1. The smallest absolute Gasteiger partial charge is 0.250 e. The molecule has 0 bridgehead atoms. The number of imidazole rings is 1. The molecule has 2 heterocycles. The molecule has 1 aliphatic rings. The van der Waals surface area contributed by atoms with E-state index in [2.05, 4.69) is 15.6 Å². The molecule has 5 rings (SSSR count). The van der Waals surface area contributed by atoms with Crippen LogP contribution in [0.25, 0.3) is 0 Å². The Bertz CT molecular complexity index is 1600. The van der Waals surface area contributed by atoms with Crippen molar-refractivity contribution in [1.29, 1.82) is 0 Å². The summed E-state index contributed by atoms with van der Waals surface area (Å²) in [6.45, 7) is 4.40. The van der Waals surface area contributed by atoms with E-state index in [1.54, 1.807) is 24.6 Å². The lowest BCUT2D eigenvalue weighted by Crippen LogP contribution is -2.56. The van der Waals surface area contributed by atoms with Gasteiger partial charge in [-0.25, -0.2) is 4.98 Å². The largest absolute Gasteiger partial charge is 0.490 e. The van der Waals surface area contributed by atoms with E-state index in [4.69, 9.17) is 15.2 Å². The highest BCUT2D eigenvalue weighted by atomic mass is 16.5. The van der Waals surface area contributed by atoms with Gasteiger partial charge in [0.15, 0.2) is 5.82 Å². The molecular weight excluding hydrogens is 596 g/mol. The third-order valence-corrected chi connectivity index (χ3v) is 7.90. The second-order valence-corrected chi connectivity index (χ2v) is 12.2. The standard InChI is InChI=1S/C36H42N6O5/c1-36(2,37)35(45)39-30(24-46-23-26-12-6-3-7-13-26)33(43)40-31-22-42(25-38-31)32(27-14-8-4-9-15-27)34(44)41-20-18-29(19-21-41)47-28-16-10-5-11-17-28/h3-17,22,25,29-30,32H,18-21,23-24,37H2,1-2H3,(H,39,45)(H,40,43)/t30-,32?/m1/s1. The fraction of sp³-hybridized carbons (Fsp3) is 0.333. The van der Waals surface area contributed by atoms with E-state index in [-0.39, 0.29) is 31.0 Å². The number of likely N-dealkylation sites (tertiary alicyclic amines) is 1. The van der Waals surface area contributed by atoms with Crippen LogP contribution in [-0.4, -0.2) is 69.6 Å². The van der Waals surface area contributed by atoms with Crippen LogP contribution in [0, 0.1) is 0 Å². The minimum absolute atomic E-state index is 0.0293. The average molecular weight is 639 g/mol. The maximum atomic E-state index is 14.0. The molecule has 0 radical (unpaired) electrons. The van der Waals surface area contributed by atoms with Gasteiger partial charge in [0.2, 0.25) is 11.8 Å². The van der Waals surface area contributed by atoms with E-state index in [1.807, 2.05) is 95.9 Å². The van der Waals surface area contributed by atoms with Crippen molar-refractivity contribution in [1.82, 2.24) is 19.8 Å². The molecule has 0 spiro atoms. The van der Waals surface area contributed by atoms with E-state index >= 15 is 0 Å². The van der Waals surface area contributed by atoms with Crippen LogP contribution in [0.4, 0.5) is 5.82 Å². The summed E-state index contributed by atoms with van der Waals surface area (Å²) in [5.74, 6) is -0.0471. The van der Waals surface area contributed by atoms with Crippen molar-refractivity contribution in [2.45, 2.75) is 57.0 Å². The Labute approximate surface area is 275 Å². The fourth-order valence-electron chi connectivity index (χ4n) is 5.29. The normalized spacial score (nSPS) is 15.0. The van der Waals surface area contributed by atoms with Gasteiger partial charge in [-0.05, 0) is 37.1 Å². The van der Waals surface area contributed by atoms with Gasteiger partial charge in [-0.1, -0.05) is 78.9 Å². The van der Waals surface area contributed by atoms with Crippen LogP contribution >= 0.6 is 0 Å². The highest BCUT2D eigenvalue weighted by molar-refractivity contribution is 5.98. The number of ether oxygens (including phenoxy) is 2. The third kappa shape index (κ3) is 9.27. The van der Waals surface area contributed by atoms with E-state index in [1.165, 1.54) is 6.33 Å². The average Bonchev–Trinajstić information content (AvgIpc) is 3.53. The summed E-state index contributed by atoms with van der Waals surface area (Å²) in [7, 11) is 0. The monoisotopic (exact) mass is 638 g/mol. The molecule has 11 heteroatoms. The van der Waals surface area contributed by atoms with Crippen molar-refractivity contribution < 1.29 is 23.9 Å². The summed E-state index contributed by atoms with van der Waals surface area (Å²) in [6.07, 6.45) is 4.61. The Morgan fingerprint density at radius 2 is 1.55 bits per heavy atom. The summed E-state index contributed by atoms with van der Waals surface area (Å²) in [5.41, 5.74) is 6.50. The molecule has 4 aromatic rings. The molecule has 47 heavy (non-hydrogen) atoms. The fourth-order valence-corrected chi connectivity index (χ4v) is 5.29. The first kappa shape index (κ1) is 33.4. The van der Waals surface area contributed by atoms with Crippen molar-refractivity contribution in [3.8, 4) is 5.75 Å². The number of anilines is 1. The van der Waals surface area contributed by atoms with Crippen LogP contribution in [0.1, 0.15) is 43.9 Å². The molecule has 11 nitrogen and oxygen atoms in total. The summed E-state index contributed by atoms with van der Waals surface area (Å²) in [4.78, 5) is 46.4. The summed E-state index contributed by atoms with van der Waals surface area (Å²) >= 11 is 0. The Morgan fingerprint density at radius 3 is 2.19 bits per heavy atom. The summed E-state index contributed by atoms with van der Waals surface area (Å²) in [6, 6.07) is 27.0. The van der Waals surface area contributed by atoms with Crippen molar-refractivity contribution in [2.24, 2.45) is 5.73 Å². The Hall–Kier alpha value is -5.00. The molecule has 3 aromatic carbocycles. The zero-order chi connectivity index (χ0) is 33.2. The lowest BCUT2D eigenvalue weighted by Gasteiger charge is -2.34. The first-order valence-electron chi connectivity index (χ1n) is 15.8. The highest BCUT2D eigenvalue weighted by Crippen LogP contribution is 2.26. The first-order chi connectivity index (χ1) is 22.7. The number of hydrogen-bond donors (Lipinski definition) is 3. The summed E-state index contributed by atoms with van der Waals surface area (Å²) in [5, 5.41) is 5.47. The number of aromatic nitrogens is 2. The predicted octanol–water partition coefficient (Wildman–Crippen LogP) is 3.92. The number of nitrogens with zero attached hydrogens (tertiary/aromatic N) is 3. The lowest BCUT2D eigenvalue weighted by molar-refractivity contribution is -0.135. The molecule has 0 aliphatic carbocycles. The van der Waals surface area contributed by atoms with E-state index < -0.39 is 29.4 Å². The Kier molecular flexibility index (Phi) is 11.0. The van der Waals surface area contributed by atoms with Gasteiger partial charge in [0.25, 0.3) is 5.91 Å². The van der Waals surface area contributed by atoms with Gasteiger partial charge in [0, 0.05) is 32.1 Å². The van der Waals surface area contributed by atoms with Gasteiger partial charge < -0.3 is 35.3 Å². The van der Waals surface area contributed by atoms with E-state index in [9.17, 15) is 14.4 Å². The molecule has 3 amide bonds. The van der Waals surface area contributed by atoms with Gasteiger partial charge in [0.1, 0.15) is 23.9 Å². The number of rotatable bonds is 13. The third-order valence-electron chi connectivity index (χ3n) is 7.90. The molecule has 1 unspecified atom stereocenters. The van der Waals surface area contributed by atoms with Crippen molar-refractivity contribution in [2.75, 3.05) is 25.0 Å². The maximum Gasteiger partial charge on any atom is 0.250 e. The minimum atomic E-state index is -1.20. The van der Waals surface area contributed by atoms with Crippen LogP contribution in [-0.2, 0) is 25.7 Å². The highest BCUT2D eigenvalue weighted by Gasteiger charge is 2.32. The minimum Gasteiger partial charge on any atom is -0.490 e. The molecular formula is C36H42N6O5. The quantitative estimate of drug-likeness (QED) is 0.202. The summed E-state index contributed by atoms with van der Waals surface area (Å²) < 4.78 is 13.6. The van der Waals surface area contributed by atoms with Crippen molar-refractivity contribution in [3.63, 3.8) is 0 Å². The Morgan fingerprint density at radius 1 is 0.936 bits per heavy atom. The number of para-hydroxylation sites is 1. The molecule has 2 atom stereocenters. The number of carbonyl (C=O) groups is 3. The number of benzene rings is 3. The first-order valence-corrected chi connectivity index (χ1v) is 15.8. The van der Waals surface area contributed by atoms with Gasteiger partial charge >= 0.3 is 0 Å². The lowest BCUT2D eigenvalue weighted by atomic mass is 10.0. The van der Waals surface area contributed by atoms with Gasteiger partial charge in [-0.2, -0.15) is 0 Å². The van der Waals surface area contributed by atoms with Crippen molar-refractivity contribution >= 4 is 23.5 Å². The maximum absolute atomic E-state index is 14.0. The van der Waals surface area contributed by atoms with Gasteiger partial charge in [-0.15, -0.1) is 0 Å².